The molecule has 0 fully saturated rings. The van der Waals surface area contributed by atoms with Crippen LogP contribution in [0.4, 0.5) is 0 Å². The van der Waals surface area contributed by atoms with E-state index in [1.165, 1.54) is 16.1 Å². The maximum absolute atomic E-state index is 4.65. The highest BCUT2D eigenvalue weighted by Gasteiger charge is 2.11. The largest absolute Gasteiger partial charge is 0.307 e. The lowest BCUT2D eigenvalue weighted by Crippen LogP contribution is -2.16. The van der Waals surface area contributed by atoms with Crippen molar-refractivity contribution < 1.29 is 0 Å². The Morgan fingerprint density at radius 1 is 1.12 bits per heavy atom. The lowest BCUT2D eigenvalue weighted by atomic mass is 10.1. The molecule has 0 aliphatic rings. The van der Waals surface area contributed by atoms with Crippen LogP contribution in [0.1, 0.15) is 21.8 Å². The molecule has 0 bridgehead atoms. The first-order valence-corrected chi connectivity index (χ1v) is 8.76. The number of aryl methyl sites for hydroxylation is 2. The van der Waals surface area contributed by atoms with Crippen molar-refractivity contribution in [2.75, 3.05) is 0 Å². The number of aromatic nitrogens is 4. The molecular weight excluding hydrogens is 318 g/mol. The number of rotatable bonds is 5. The van der Waals surface area contributed by atoms with Crippen molar-refractivity contribution in [2.45, 2.75) is 26.9 Å². The Balaban J connectivity index is 1.53. The molecule has 0 unspecified atom stereocenters. The Kier molecular flexibility index (Phi) is 3.92. The zero-order valence-electron chi connectivity index (χ0n) is 13.7. The molecule has 1 aromatic carbocycles. The second kappa shape index (κ2) is 6.22. The van der Waals surface area contributed by atoms with Crippen molar-refractivity contribution in [3.63, 3.8) is 0 Å². The summed E-state index contributed by atoms with van der Waals surface area (Å²) in [7, 11) is 0. The number of nitrogens with one attached hydrogen (secondary N) is 1. The second-order valence-corrected chi connectivity index (χ2v) is 7.03. The Labute approximate surface area is 144 Å². The van der Waals surface area contributed by atoms with Crippen LogP contribution in [0.3, 0.4) is 0 Å². The predicted octanol–water partition coefficient (Wildman–Crippen LogP) is 3.49. The van der Waals surface area contributed by atoms with Crippen LogP contribution in [0.15, 0.2) is 48.9 Å². The Morgan fingerprint density at radius 3 is 2.83 bits per heavy atom. The van der Waals surface area contributed by atoms with Crippen LogP contribution in [-0.2, 0) is 13.1 Å². The number of para-hydroxylation sites is 1. The standard InChI is InChI=1S/C18H19N5S/c1-13-12-22-17(14(2)21-18(22)24-13)11-19-10-15-6-3-4-7-16(15)23-9-5-8-20-23/h3-9,12,19H,10-11H2,1-2H3. The average Bonchev–Trinajstić information content (AvgIpc) is 3.27. The van der Waals surface area contributed by atoms with Crippen LogP contribution in [-0.4, -0.2) is 19.2 Å². The van der Waals surface area contributed by atoms with Gasteiger partial charge in [0, 0.05) is 36.6 Å². The summed E-state index contributed by atoms with van der Waals surface area (Å²) in [6, 6.07) is 10.3. The van der Waals surface area contributed by atoms with E-state index in [1.807, 2.05) is 23.0 Å². The zero-order chi connectivity index (χ0) is 16.5. The van der Waals surface area contributed by atoms with Gasteiger partial charge in [0.25, 0.3) is 0 Å². The van der Waals surface area contributed by atoms with Gasteiger partial charge in [0.05, 0.1) is 17.1 Å². The highest BCUT2D eigenvalue weighted by Crippen LogP contribution is 2.21. The third kappa shape index (κ3) is 2.74. The van der Waals surface area contributed by atoms with Gasteiger partial charge in [-0.1, -0.05) is 18.2 Å². The van der Waals surface area contributed by atoms with E-state index in [-0.39, 0.29) is 0 Å². The minimum Gasteiger partial charge on any atom is -0.307 e. The first-order chi connectivity index (χ1) is 11.7. The molecule has 0 aliphatic carbocycles. The molecule has 3 aromatic heterocycles. The maximum Gasteiger partial charge on any atom is 0.194 e. The van der Waals surface area contributed by atoms with Gasteiger partial charge in [-0.05, 0) is 31.5 Å². The van der Waals surface area contributed by atoms with Gasteiger partial charge in [0.1, 0.15) is 0 Å². The molecule has 0 spiro atoms. The SMILES string of the molecule is Cc1cn2c(CNCc3ccccc3-n3cccn3)c(C)nc2s1. The van der Waals surface area contributed by atoms with Gasteiger partial charge in [-0.15, -0.1) is 11.3 Å². The Hall–Kier alpha value is -2.44. The van der Waals surface area contributed by atoms with E-state index < -0.39 is 0 Å². The molecule has 6 heteroatoms. The fourth-order valence-corrected chi connectivity index (χ4v) is 3.82. The third-order valence-corrected chi connectivity index (χ3v) is 4.99. The summed E-state index contributed by atoms with van der Waals surface area (Å²) in [5.74, 6) is 0. The van der Waals surface area contributed by atoms with Crippen molar-refractivity contribution in [1.29, 1.82) is 0 Å². The van der Waals surface area contributed by atoms with E-state index in [0.717, 1.165) is 29.4 Å². The molecule has 1 N–H and O–H groups in total. The van der Waals surface area contributed by atoms with Gasteiger partial charge in [-0.2, -0.15) is 5.10 Å². The van der Waals surface area contributed by atoms with Gasteiger partial charge in [0.15, 0.2) is 4.96 Å². The molecular formula is C18H19N5S. The summed E-state index contributed by atoms with van der Waals surface area (Å²) in [6.07, 6.45) is 5.93. The summed E-state index contributed by atoms with van der Waals surface area (Å²) in [5.41, 5.74) is 4.65. The number of thiazole rings is 1. The summed E-state index contributed by atoms with van der Waals surface area (Å²) < 4.78 is 4.10. The molecule has 122 valence electrons. The quantitative estimate of drug-likeness (QED) is 0.606. The zero-order valence-corrected chi connectivity index (χ0v) is 14.5. The topological polar surface area (TPSA) is 47.1 Å². The highest BCUT2D eigenvalue weighted by atomic mass is 32.1. The molecule has 5 nitrogen and oxygen atoms in total. The Bertz CT molecular complexity index is 965. The molecule has 0 radical (unpaired) electrons. The molecule has 0 saturated heterocycles. The van der Waals surface area contributed by atoms with Crippen LogP contribution >= 0.6 is 11.3 Å². The predicted molar refractivity (Wildman–Crippen MR) is 96.7 cm³/mol. The van der Waals surface area contributed by atoms with Crippen LogP contribution in [0.5, 0.6) is 0 Å². The van der Waals surface area contributed by atoms with Crippen molar-refractivity contribution in [1.82, 2.24) is 24.5 Å². The van der Waals surface area contributed by atoms with Crippen molar-refractivity contribution >= 4 is 16.3 Å². The smallest absolute Gasteiger partial charge is 0.194 e. The second-order valence-electron chi connectivity index (χ2n) is 5.82. The fourth-order valence-electron chi connectivity index (χ4n) is 2.93. The molecule has 0 atom stereocenters. The van der Waals surface area contributed by atoms with Crippen molar-refractivity contribution in [3.05, 3.63) is 70.8 Å². The van der Waals surface area contributed by atoms with E-state index in [1.54, 1.807) is 17.5 Å². The summed E-state index contributed by atoms with van der Waals surface area (Å²) in [5, 5.41) is 7.89. The summed E-state index contributed by atoms with van der Waals surface area (Å²) in [4.78, 5) is 6.99. The highest BCUT2D eigenvalue weighted by molar-refractivity contribution is 7.17. The minimum absolute atomic E-state index is 0.784. The van der Waals surface area contributed by atoms with Crippen LogP contribution < -0.4 is 5.32 Å². The van der Waals surface area contributed by atoms with Gasteiger partial charge in [-0.3, -0.25) is 4.40 Å². The van der Waals surface area contributed by atoms with Crippen LogP contribution in [0.25, 0.3) is 10.6 Å². The maximum atomic E-state index is 4.65. The molecule has 0 saturated carbocycles. The van der Waals surface area contributed by atoms with E-state index in [0.29, 0.717) is 0 Å². The normalized spacial score (nSPS) is 11.4. The number of hydrogen-bond acceptors (Lipinski definition) is 4. The first-order valence-electron chi connectivity index (χ1n) is 7.95. The van der Waals surface area contributed by atoms with Gasteiger partial charge >= 0.3 is 0 Å². The average molecular weight is 337 g/mol. The number of fused-ring (bicyclic) bond motifs is 1. The molecule has 4 rings (SSSR count). The molecule has 24 heavy (non-hydrogen) atoms. The van der Waals surface area contributed by atoms with E-state index in [2.05, 4.69) is 58.0 Å². The lowest BCUT2D eigenvalue weighted by molar-refractivity contribution is 0.667. The van der Waals surface area contributed by atoms with Gasteiger partial charge in [-0.25, -0.2) is 9.67 Å². The first kappa shape index (κ1) is 15.1. The van der Waals surface area contributed by atoms with E-state index in [4.69, 9.17) is 0 Å². The molecule has 0 amide bonds. The van der Waals surface area contributed by atoms with E-state index in [9.17, 15) is 0 Å². The van der Waals surface area contributed by atoms with Crippen molar-refractivity contribution in [2.24, 2.45) is 0 Å². The van der Waals surface area contributed by atoms with Gasteiger partial charge in [0.2, 0.25) is 0 Å². The van der Waals surface area contributed by atoms with Crippen LogP contribution in [0, 0.1) is 13.8 Å². The molecule has 0 aliphatic heterocycles. The summed E-state index contributed by atoms with van der Waals surface area (Å²) >= 11 is 1.73. The number of benzene rings is 1. The molecule has 3 heterocycles. The number of imidazole rings is 1. The van der Waals surface area contributed by atoms with Crippen molar-refractivity contribution in [3.8, 4) is 5.69 Å². The monoisotopic (exact) mass is 337 g/mol. The lowest BCUT2D eigenvalue weighted by Gasteiger charge is -2.11. The van der Waals surface area contributed by atoms with E-state index >= 15 is 0 Å². The molecule has 4 aromatic rings. The number of nitrogens with zero attached hydrogens (tertiary/aromatic N) is 4. The van der Waals surface area contributed by atoms with Crippen LogP contribution in [0.2, 0.25) is 0 Å². The van der Waals surface area contributed by atoms with Gasteiger partial charge < -0.3 is 5.32 Å². The number of hydrogen-bond donors (Lipinski definition) is 1. The third-order valence-electron chi connectivity index (χ3n) is 4.09. The summed E-state index contributed by atoms with van der Waals surface area (Å²) in [6.45, 7) is 5.76. The Morgan fingerprint density at radius 2 is 2.00 bits per heavy atom. The minimum atomic E-state index is 0.784. The fraction of sp³-hybridized carbons (Fsp3) is 0.222.